The number of nitrogens with zero attached hydrogens (tertiary/aromatic N) is 2. The van der Waals surface area contributed by atoms with Gasteiger partial charge in [-0.15, -0.1) is 0 Å². The van der Waals surface area contributed by atoms with Crippen molar-refractivity contribution < 1.29 is 38.4 Å². The number of hydrogen-bond acceptors (Lipinski definition) is 9. The van der Waals surface area contributed by atoms with E-state index in [1.165, 1.54) is 4.90 Å². The van der Waals surface area contributed by atoms with Gasteiger partial charge < -0.3 is 39.3 Å². The van der Waals surface area contributed by atoms with E-state index in [4.69, 9.17) is 18.9 Å². The first-order valence-corrected chi connectivity index (χ1v) is 14.8. The lowest BCUT2D eigenvalue weighted by molar-refractivity contribution is -0.150. The highest BCUT2D eigenvalue weighted by atomic mass is 16.7. The minimum absolute atomic E-state index is 0.0208. The van der Waals surface area contributed by atoms with Crippen LogP contribution in [-0.4, -0.2) is 76.6 Å². The summed E-state index contributed by atoms with van der Waals surface area (Å²) in [5.41, 5.74) is 0.0951. The molecule has 3 aromatic rings. The van der Waals surface area contributed by atoms with Crippen LogP contribution in [0.2, 0.25) is 0 Å². The topological polar surface area (TPSA) is 169 Å². The van der Waals surface area contributed by atoms with Crippen LogP contribution in [0.3, 0.4) is 0 Å². The molecule has 3 N–H and O–H groups in total. The molecule has 1 saturated heterocycles. The molecule has 0 saturated carbocycles. The number of rotatable bonds is 9. The van der Waals surface area contributed by atoms with E-state index in [-0.39, 0.29) is 25.7 Å². The molecule has 0 unspecified atom stereocenters. The van der Waals surface area contributed by atoms with Gasteiger partial charge in [0.05, 0.1) is 12.1 Å². The summed E-state index contributed by atoms with van der Waals surface area (Å²) in [4.78, 5) is 59.4. The summed E-state index contributed by atoms with van der Waals surface area (Å²) in [6.45, 7) is 9.66. The molecule has 3 heterocycles. The second-order valence-electron chi connectivity index (χ2n) is 13.1. The molecule has 2 aromatic carbocycles. The number of fused-ring (bicyclic) bond motifs is 3. The van der Waals surface area contributed by atoms with Gasteiger partial charge in [0.25, 0.3) is 5.56 Å². The molecule has 2 aliphatic heterocycles. The van der Waals surface area contributed by atoms with Gasteiger partial charge in [-0.1, -0.05) is 46.8 Å². The molecule has 0 radical (unpaired) electrons. The van der Waals surface area contributed by atoms with Crippen molar-refractivity contribution in [2.45, 2.75) is 59.5 Å². The summed E-state index contributed by atoms with van der Waals surface area (Å²) in [7, 11) is 0. The van der Waals surface area contributed by atoms with Crippen molar-refractivity contribution in [3.05, 3.63) is 46.8 Å². The van der Waals surface area contributed by atoms with E-state index in [2.05, 4.69) is 15.3 Å². The van der Waals surface area contributed by atoms with Crippen LogP contribution in [0, 0.1) is 10.8 Å². The molecule has 13 nitrogen and oxygen atoms in total. The predicted octanol–water partition coefficient (Wildman–Crippen LogP) is 3.94. The van der Waals surface area contributed by atoms with Crippen molar-refractivity contribution in [2.75, 3.05) is 26.6 Å². The van der Waals surface area contributed by atoms with Crippen molar-refractivity contribution in [2.24, 2.45) is 10.8 Å². The van der Waals surface area contributed by atoms with Crippen molar-refractivity contribution >= 4 is 29.0 Å². The van der Waals surface area contributed by atoms with Crippen LogP contribution in [0.4, 0.5) is 4.79 Å². The summed E-state index contributed by atoms with van der Waals surface area (Å²) in [5, 5.41) is 12.2. The maximum Gasteiger partial charge on any atom is 0.407 e. The van der Waals surface area contributed by atoms with Crippen LogP contribution in [0.5, 0.6) is 17.2 Å². The van der Waals surface area contributed by atoms with E-state index in [1.54, 1.807) is 57.2 Å². The molecule has 0 bridgehead atoms. The average molecular weight is 623 g/mol. The van der Waals surface area contributed by atoms with E-state index >= 15 is 0 Å². The van der Waals surface area contributed by atoms with Crippen LogP contribution >= 0.6 is 0 Å². The summed E-state index contributed by atoms with van der Waals surface area (Å²) in [5.74, 6) is -0.00696. The van der Waals surface area contributed by atoms with Gasteiger partial charge in [0.1, 0.15) is 35.7 Å². The first-order chi connectivity index (χ1) is 21.2. The number of aliphatic carboxylic acids is 1. The zero-order valence-corrected chi connectivity index (χ0v) is 26.0. The van der Waals surface area contributed by atoms with Gasteiger partial charge in [-0.25, -0.2) is 14.6 Å². The second kappa shape index (κ2) is 12.3. The Balaban J connectivity index is 1.20. The Morgan fingerprint density at radius 3 is 2.64 bits per heavy atom. The zero-order valence-electron chi connectivity index (χ0n) is 26.0. The molecule has 1 aromatic heterocycles. The number of aromatic amines is 1. The van der Waals surface area contributed by atoms with Crippen LogP contribution in [0.15, 0.2) is 41.2 Å². The van der Waals surface area contributed by atoms with E-state index in [0.717, 1.165) is 0 Å². The van der Waals surface area contributed by atoms with E-state index in [1.807, 2.05) is 13.8 Å². The van der Waals surface area contributed by atoms with E-state index in [9.17, 15) is 24.3 Å². The molecule has 0 spiro atoms. The lowest BCUT2D eigenvalue weighted by atomic mass is 9.85. The second-order valence-corrected chi connectivity index (χ2v) is 13.1. The molecular formula is C32H38N4O9. The highest BCUT2D eigenvalue weighted by molar-refractivity contribution is 5.90. The van der Waals surface area contributed by atoms with Gasteiger partial charge in [-0.3, -0.25) is 9.59 Å². The number of H-pyrrole nitrogens is 1. The Kier molecular flexibility index (Phi) is 8.63. The Labute approximate surface area is 259 Å². The minimum atomic E-state index is -1.06. The number of aromatic nitrogens is 2. The molecule has 240 valence electrons. The summed E-state index contributed by atoms with van der Waals surface area (Å²) >= 11 is 0. The number of carbonyl (C=O) groups excluding carboxylic acids is 2. The number of ether oxygens (including phenoxy) is 4. The quantitative estimate of drug-likeness (QED) is 0.318. The Morgan fingerprint density at radius 1 is 1.13 bits per heavy atom. The average Bonchev–Trinajstić information content (AvgIpc) is 3.68. The zero-order chi connectivity index (χ0) is 32.5. The van der Waals surface area contributed by atoms with Crippen molar-refractivity contribution in [3.8, 4) is 28.5 Å². The number of carboxylic acid groups (broad SMARTS) is 1. The first-order valence-electron chi connectivity index (χ1n) is 14.8. The molecule has 2 aliphatic rings. The molecule has 2 amide bonds. The third-order valence-electron chi connectivity index (χ3n) is 7.73. The molecule has 2 atom stereocenters. The standard InChI is InChI=1S/C32H38N4O9/c1-31(2,3)26(28(38)36-13-7-10-21(36)29(39)40)35-30(41)43-16-32(4,5)15-42-19-9-6-8-18(14-19)23-27(37)34-24-20(33-23)11-12-22-25(24)45-17-44-22/h6,8-9,11-12,14,21,26H,7,10,13,15-17H2,1-5H3,(H,34,37)(H,35,41)(H,39,40)/t21-,26+/m0/s1. The van der Waals surface area contributed by atoms with Crippen LogP contribution in [0.1, 0.15) is 47.5 Å². The van der Waals surface area contributed by atoms with Gasteiger partial charge in [0.15, 0.2) is 11.5 Å². The molecule has 1 fully saturated rings. The van der Waals surface area contributed by atoms with Crippen molar-refractivity contribution in [3.63, 3.8) is 0 Å². The monoisotopic (exact) mass is 622 g/mol. The SMILES string of the molecule is CC(C)(COC(=O)N[C@H](C(=O)N1CCC[C@H]1C(=O)O)C(C)(C)C)COc1cccc(-c2nc3ccc4c(c3[nH]c2=O)OCO4)c1. The van der Waals surface area contributed by atoms with Gasteiger partial charge in [0.2, 0.25) is 12.7 Å². The fourth-order valence-electron chi connectivity index (χ4n) is 5.29. The highest BCUT2D eigenvalue weighted by Gasteiger charge is 2.42. The van der Waals surface area contributed by atoms with E-state index < -0.39 is 46.4 Å². The Bertz CT molecular complexity index is 1680. The van der Waals surface area contributed by atoms with E-state index in [0.29, 0.717) is 53.2 Å². The third kappa shape index (κ3) is 6.97. The summed E-state index contributed by atoms with van der Waals surface area (Å²) in [6, 6.07) is 8.59. The van der Waals surface area contributed by atoms with Crippen LogP contribution in [-0.2, 0) is 14.3 Å². The van der Waals surface area contributed by atoms with Gasteiger partial charge in [-0.05, 0) is 42.5 Å². The predicted molar refractivity (Wildman–Crippen MR) is 163 cm³/mol. The van der Waals surface area contributed by atoms with Gasteiger partial charge in [-0.2, -0.15) is 0 Å². The van der Waals surface area contributed by atoms with Crippen LogP contribution < -0.4 is 25.1 Å². The Morgan fingerprint density at radius 2 is 1.91 bits per heavy atom. The third-order valence-corrected chi connectivity index (χ3v) is 7.73. The molecule has 5 rings (SSSR count). The molecule has 0 aliphatic carbocycles. The summed E-state index contributed by atoms with van der Waals surface area (Å²) < 4.78 is 22.4. The van der Waals surface area contributed by atoms with Crippen LogP contribution in [0.25, 0.3) is 22.3 Å². The number of hydrogen-bond donors (Lipinski definition) is 3. The lowest BCUT2D eigenvalue weighted by Crippen LogP contribution is -2.56. The fourth-order valence-corrected chi connectivity index (χ4v) is 5.29. The highest BCUT2D eigenvalue weighted by Crippen LogP contribution is 2.37. The minimum Gasteiger partial charge on any atom is -0.493 e. The molecule has 13 heteroatoms. The number of carboxylic acids is 1. The van der Waals surface area contributed by atoms with Crippen molar-refractivity contribution in [1.82, 2.24) is 20.2 Å². The fraction of sp³-hybridized carbons (Fsp3) is 0.469. The normalized spacial score (nSPS) is 16.8. The maximum absolute atomic E-state index is 13.3. The number of carbonyl (C=O) groups is 3. The number of nitrogens with one attached hydrogen (secondary N) is 2. The lowest BCUT2D eigenvalue weighted by Gasteiger charge is -2.34. The molecular weight excluding hydrogens is 584 g/mol. The number of likely N-dealkylation sites (tertiary alicyclic amines) is 1. The molecule has 45 heavy (non-hydrogen) atoms. The number of alkyl carbamates (subject to hydrolysis) is 1. The van der Waals surface area contributed by atoms with Gasteiger partial charge >= 0.3 is 12.1 Å². The smallest absolute Gasteiger partial charge is 0.407 e. The van der Waals surface area contributed by atoms with Gasteiger partial charge in [0, 0.05) is 17.5 Å². The summed E-state index contributed by atoms with van der Waals surface area (Å²) in [6.07, 6.45) is 0.179. The largest absolute Gasteiger partial charge is 0.493 e. The maximum atomic E-state index is 13.3. The number of amides is 2. The Hall–Kier alpha value is -4.81. The number of benzene rings is 2. The first kappa shape index (κ1) is 31.6. The van der Waals surface area contributed by atoms with Crippen molar-refractivity contribution in [1.29, 1.82) is 0 Å².